The van der Waals surface area contributed by atoms with Crippen LogP contribution in [0.25, 0.3) is 5.82 Å². The monoisotopic (exact) mass is 400 g/mol. The summed E-state index contributed by atoms with van der Waals surface area (Å²) < 4.78 is 3.46. The van der Waals surface area contributed by atoms with Crippen molar-refractivity contribution in [3.63, 3.8) is 0 Å². The predicted octanol–water partition coefficient (Wildman–Crippen LogP) is 2.79. The molecule has 1 aromatic carbocycles. The lowest BCUT2D eigenvalue weighted by molar-refractivity contribution is 0.0949. The van der Waals surface area contributed by atoms with Crippen LogP contribution in [-0.2, 0) is 13.6 Å². The average molecular weight is 400 g/mol. The van der Waals surface area contributed by atoms with Gasteiger partial charge in [-0.1, -0.05) is 12.1 Å². The largest absolute Gasteiger partial charge is 0.346 e. The van der Waals surface area contributed by atoms with Crippen LogP contribution >= 0.6 is 0 Å². The molecule has 150 valence electrons. The SMILES string of the molecule is Cn1ncc(C(=O)Nc2cccc(C(=O)NCc3ccccn3)c2)c1-n1cccc1. The van der Waals surface area contributed by atoms with Gasteiger partial charge in [0, 0.05) is 36.9 Å². The highest BCUT2D eigenvalue weighted by Gasteiger charge is 2.18. The topological polar surface area (TPSA) is 93.8 Å². The number of nitrogens with one attached hydrogen (secondary N) is 2. The van der Waals surface area contributed by atoms with E-state index in [1.807, 2.05) is 47.3 Å². The second-order valence-electron chi connectivity index (χ2n) is 6.63. The van der Waals surface area contributed by atoms with Gasteiger partial charge in [0.1, 0.15) is 11.4 Å². The van der Waals surface area contributed by atoms with E-state index in [0.29, 0.717) is 29.2 Å². The van der Waals surface area contributed by atoms with Crippen LogP contribution in [0.2, 0.25) is 0 Å². The standard InChI is InChI=1S/C22H20N6O2/c1-27-22(28-11-4-5-12-28)19(15-25-27)21(30)26-17-9-6-7-16(13-17)20(29)24-14-18-8-2-3-10-23-18/h2-13,15H,14H2,1H3,(H,24,29)(H,26,30). The minimum atomic E-state index is -0.308. The molecule has 2 amide bonds. The van der Waals surface area contributed by atoms with Crippen molar-refractivity contribution in [1.29, 1.82) is 0 Å². The van der Waals surface area contributed by atoms with Gasteiger partial charge in [-0.3, -0.25) is 19.3 Å². The predicted molar refractivity (Wildman–Crippen MR) is 112 cm³/mol. The Bertz CT molecular complexity index is 1170. The van der Waals surface area contributed by atoms with Gasteiger partial charge in [-0.15, -0.1) is 0 Å². The first-order valence-corrected chi connectivity index (χ1v) is 9.36. The Balaban J connectivity index is 1.47. The highest BCUT2D eigenvalue weighted by atomic mass is 16.2. The van der Waals surface area contributed by atoms with Gasteiger partial charge in [-0.2, -0.15) is 5.10 Å². The Morgan fingerprint density at radius 3 is 2.60 bits per heavy atom. The van der Waals surface area contributed by atoms with Gasteiger partial charge in [0.2, 0.25) is 0 Å². The van der Waals surface area contributed by atoms with Gasteiger partial charge in [-0.05, 0) is 42.5 Å². The molecule has 0 aliphatic carbocycles. The molecule has 3 heterocycles. The van der Waals surface area contributed by atoms with Crippen molar-refractivity contribution in [1.82, 2.24) is 24.6 Å². The molecule has 0 bridgehead atoms. The molecular formula is C22H20N6O2. The van der Waals surface area contributed by atoms with Crippen LogP contribution in [0.4, 0.5) is 5.69 Å². The van der Waals surface area contributed by atoms with E-state index >= 15 is 0 Å². The first-order valence-electron chi connectivity index (χ1n) is 9.36. The molecule has 4 aromatic rings. The van der Waals surface area contributed by atoms with Gasteiger partial charge in [0.25, 0.3) is 11.8 Å². The second-order valence-corrected chi connectivity index (χ2v) is 6.63. The maximum Gasteiger partial charge on any atom is 0.261 e. The lowest BCUT2D eigenvalue weighted by Crippen LogP contribution is -2.23. The van der Waals surface area contributed by atoms with Crippen LogP contribution in [0.15, 0.2) is 79.4 Å². The Kier molecular flexibility index (Phi) is 5.38. The first-order chi connectivity index (χ1) is 14.6. The quantitative estimate of drug-likeness (QED) is 0.520. The highest BCUT2D eigenvalue weighted by Crippen LogP contribution is 2.17. The third-order valence-corrected chi connectivity index (χ3v) is 4.54. The number of hydrogen-bond acceptors (Lipinski definition) is 4. The maximum absolute atomic E-state index is 12.8. The van der Waals surface area contributed by atoms with Crippen molar-refractivity contribution in [2.45, 2.75) is 6.54 Å². The Labute approximate surface area is 173 Å². The fraction of sp³-hybridized carbons (Fsp3) is 0.0909. The number of carbonyl (C=O) groups excluding carboxylic acids is 2. The van der Waals surface area contributed by atoms with Crippen molar-refractivity contribution in [2.75, 3.05) is 5.32 Å². The molecule has 0 atom stereocenters. The van der Waals surface area contributed by atoms with Crippen LogP contribution < -0.4 is 10.6 Å². The molecule has 2 N–H and O–H groups in total. The molecule has 0 spiro atoms. The molecule has 0 unspecified atom stereocenters. The summed E-state index contributed by atoms with van der Waals surface area (Å²) in [5.74, 6) is 0.103. The molecule has 0 radical (unpaired) electrons. The summed E-state index contributed by atoms with van der Waals surface area (Å²) in [5, 5.41) is 9.87. The molecule has 0 aliphatic rings. The van der Waals surface area contributed by atoms with E-state index in [-0.39, 0.29) is 11.8 Å². The number of amides is 2. The van der Waals surface area contributed by atoms with Gasteiger partial charge in [-0.25, -0.2) is 0 Å². The number of nitrogens with zero attached hydrogens (tertiary/aromatic N) is 4. The van der Waals surface area contributed by atoms with Crippen molar-refractivity contribution in [3.8, 4) is 5.82 Å². The van der Waals surface area contributed by atoms with E-state index in [4.69, 9.17) is 0 Å². The van der Waals surface area contributed by atoms with Gasteiger partial charge < -0.3 is 15.2 Å². The summed E-state index contributed by atoms with van der Waals surface area (Å²) in [6.07, 6.45) is 6.90. The van der Waals surface area contributed by atoms with Crippen molar-refractivity contribution in [2.24, 2.45) is 7.05 Å². The molecule has 0 saturated heterocycles. The molecule has 8 nitrogen and oxygen atoms in total. The van der Waals surface area contributed by atoms with Crippen LogP contribution in [0.5, 0.6) is 0 Å². The van der Waals surface area contributed by atoms with E-state index in [1.54, 1.807) is 42.2 Å². The number of benzene rings is 1. The summed E-state index contributed by atoms with van der Waals surface area (Å²) in [6.45, 7) is 0.326. The zero-order valence-corrected chi connectivity index (χ0v) is 16.3. The van der Waals surface area contributed by atoms with E-state index in [0.717, 1.165) is 5.69 Å². The van der Waals surface area contributed by atoms with Crippen molar-refractivity contribution >= 4 is 17.5 Å². The third kappa shape index (κ3) is 4.12. The summed E-state index contributed by atoms with van der Waals surface area (Å²) in [7, 11) is 1.78. The molecule has 0 fully saturated rings. The van der Waals surface area contributed by atoms with Crippen LogP contribution in [0.1, 0.15) is 26.4 Å². The van der Waals surface area contributed by atoms with Gasteiger partial charge in [0.05, 0.1) is 18.4 Å². The molecule has 0 aliphatic heterocycles. The maximum atomic E-state index is 12.8. The molecule has 30 heavy (non-hydrogen) atoms. The lowest BCUT2D eigenvalue weighted by atomic mass is 10.1. The van der Waals surface area contributed by atoms with E-state index < -0.39 is 0 Å². The Morgan fingerprint density at radius 2 is 1.83 bits per heavy atom. The number of rotatable bonds is 6. The third-order valence-electron chi connectivity index (χ3n) is 4.54. The first kappa shape index (κ1) is 19.1. The number of anilines is 1. The zero-order valence-electron chi connectivity index (χ0n) is 16.3. The van der Waals surface area contributed by atoms with E-state index in [2.05, 4.69) is 20.7 Å². The minimum absolute atomic E-state index is 0.244. The molecule has 3 aromatic heterocycles. The Morgan fingerprint density at radius 1 is 1.00 bits per heavy atom. The fourth-order valence-corrected chi connectivity index (χ4v) is 3.09. The number of pyridine rings is 1. The summed E-state index contributed by atoms with van der Waals surface area (Å²) in [5.41, 5.74) is 2.16. The van der Waals surface area contributed by atoms with Crippen LogP contribution in [-0.4, -0.2) is 31.1 Å². The summed E-state index contributed by atoms with van der Waals surface area (Å²) >= 11 is 0. The van der Waals surface area contributed by atoms with E-state index in [9.17, 15) is 9.59 Å². The zero-order chi connectivity index (χ0) is 20.9. The molecule has 4 rings (SSSR count). The molecule has 0 saturated carbocycles. The molecule has 8 heteroatoms. The van der Waals surface area contributed by atoms with Gasteiger partial charge >= 0.3 is 0 Å². The Hall–Kier alpha value is -4.20. The fourth-order valence-electron chi connectivity index (χ4n) is 3.09. The minimum Gasteiger partial charge on any atom is -0.346 e. The summed E-state index contributed by atoms with van der Waals surface area (Å²) in [6, 6.07) is 16.1. The van der Waals surface area contributed by atoms with Gasteiger partial charge in [0.15, 0.2) is 0 Å². The van der Waals surface area contributed by atoms with Crippen LogP contribution in [0, 0.1) is 0 Å². The normalized spacial score (nSPS) is 10.6. The van der Waals surface area contributed by atoms with Crippen LogP contribution in [0.3, 0.4) is 0 Å². The number of hydrogen-bond donors (Lipinski definition) is 2. The smallest absolute Gasteiger partial charge is 0.261 e. The van der Waals surface area contributed by atoms with Crippen molar-refractivity contribution in [3.05, 3.63) is 96.2 Å². The number of aryl methyl sites for hydroxylation is 1. The highest BCUT2D eigenvalue weighted by molar-refractivity contribution is 6.07. The number of carbonyl (C=O) groups is 2. The number of aromatic nitrogens is 4. The summed E-state index contributed by atoms with van der Waals surface area (Å²) in [4.78, 5) is 29.5. The average Bonchev–Trinajstić information content (AvgIpc) is 3.42. The molecular weight excluding hydrogens is 380 g/mol. The lowest BCUT2D eigenvalue weighted by Gasteiger charge is -2.10. The van der Waals surface area contributed by atoms with E-state index in [1.165, 1.54) is 6.20 Å². The second kappa shape index (κ2) is 8.44. The van der Waals surface area contributed by atoms with Crippen molar-refractivity contribution < 1.29 is 9.59 Å².